The lowest BCUT2D eigenvalue weighted by Crippen LogP contribution is -2.24. The summed E-state index contributed by atoms with van der Waals surface area (Å²) in [6.07, 6.45) is 12.4. The Balaban J connectivity index is 1.23. The highest BCUT2D eigenvalue weighted by Gasteiger charge is 2.21. The number of thiophene rings is 1. The van der Waals surface area contributed by atoms with Crippen LogP contribution < -0.4 is 5.32 Å². The molecular formula is C29H25N7OS. The van der Waals surface area contributed by atoms with Gasteiger partial charge in [0.05, 0.1) is 40.7 Å². The van der Waals surface area contributed by atoms with Crippen LogP contribution in [-0.4, -0.2) is 36.0 Å². The fourth-order valence-corrected chi connectivity index (χ4v) is 5.99. The van der Waals surface area contributed by atoms with Crippen LogP contribution in [-0.2, 0) is 4.79 Å². The van der Waals surface area contributed by atoms with Gasteiger partial charge in [-0.25, -0.2) is 0 Å². The minimum absolute atomic E-state index is 0.0827. The van der Waals surface area contributed by atoms with Crippen molar-refractivity contribution in [2.24, 2.45) is 5.92 Å². The number of hydrogen-bond donors (Lipinski definition) is 3. The molecule has 6 aromatic rings. The molecule has 0 spiro atoms. The molecule has 0 aliphatic heterocycles. The summed E-state index contributed by atoms with van der Waals surface area (Å²) in [7, 11) is 0. The molecule has 8 nitrogen and oxygen atoms in total. The number of H-pyrrole nitrogens is 2. The average molecular weight is 520 g/mol. The van der Waals surface area contributed by atoms with E-state index in [0.29, 0.717) is 5.69 Å². The molecule has 3 N–H and O–H groups in total. The van der Waals surface area contributed by atoms with Crippen molar-refractivity contribution in [3.05, 3.63) is 65.9 Å². The van der Waals surface area contributed by atoms with Gasteiger partial charge < -0.3 is 10.3 Å². The zero-order valence-electron chi connectivity index (χ0n) is 20.6. The highest BCUT2D eigenvalue weighted by Crippen LogP contribution is 2.34. The van der Waals surface area contributed by atoms with Gasteiger partial charge in [-0.3, -0.25) is 24.8 Å². The molecule has 1 aliphatic carbocycles. The van der Waals surface area contributed by atoms with Gasteiger partial charge in [0.15, 0.2) is 0 Å². The molecule has 9 heteroatoms. The molecule has 0 radical (unpaired) electrons. The lowest BCUT2D eigenvalue weighted by atomic mass is 9.88. The van der Waals surface area contributed by atoms with Gasteiger partial charge >= 0.3 is 0 Å². The maximum absolute atomic E-state index is 12.8. The minimum atomic E-state index is 0.0827. The highest BCUT2D eigenvalue weighted by atomic mass is 32.1. The molecule has 0 bridgehead atoms. The van der Waals surface area contributed by atoms with Crippen molar-refractivity contribution in [1.29, 1.82) is 0 Å². The first-order valence-corrected chi connectivity index (χ1v) is 13.8. The van der Waals surface area contributed by atoms with E-state index in [-0.39, 0.29) is 11.8 Å². The molecule has 1 amide bonds. The number of fused-ring (bicyclic) bond motifs is 2. The Labute approximate surface area is 222 Å². The number of carbonyl (C=O) groups excluding carboxylic acids is 1. The highest BCUT2D eigenvalue weighted by molar-refractivity contribution is 7.08. The number of nitrogens with zero attached hydrogens (tertiary/aromatic N) is 4. The van der Waals surface area contributed by atoms with Gasteiger partial charge in [0.25, 0.3) is 0 Å². The number of carbonyl (C=O) groups is 1. The quantitative estimate of drug-likeness (QED) is 0.232. The predicted octanol–water partition coefficient (Wildman–Crippen LogP) is 6.81. The van der Waals surface area contributed by atoms with E-state index in [1.807, 2.05) is 24.4 Å². The van der Waals surface area contributed by atoms with Gasteiger partial charge in [-0.2, -0.15) is 16.4 Å². The van der Waals surface area contributed by atoms with Crippen LogP contribution in [0.5, 0.6) is 0 Å². The molecule has 7 rings (SSSR count). The van der Waals surface area contributed by atoms with E-state index in [1.165, 1.54) is 6.42 Å². The van der Waals surface area contributed by atoms with Crippen molar-refractivity contribution in [3.8, 4) is 33.9 Å². The van der Waals surface area contributed by atoms with Gasteiger partial charge in [-0.15, -0.1) is 0 Å². The fraction of sp³-hybridized carbons (Fsp3) is 0.207. The Kier molecular flexibility index (Phi) is 5.70. The van der Waals surface area contributed by atoms with Gasteiger partial charge in [0.1, 0.15) is 5.69 Å². The molecular weight excluding hydrogens is 494 g/mol. The molecule has 0 unspecified atom stereocenters. The number of aromatic amines is 2. The molecule has 6 heterocycles. The molecule has 188 valence electrons. The van der Waals surface area contributed by atoms with E-state index in [9.17, 15) is 4.79 Å². The fourth-order valence-electron chi connectivity index (χ4n) is 5.35. The zero-order chi connectivity index (χ0) is 25.5. The number of pyridine rings is 3. The molecule has 0 aromatic carbocycles. The molecule has 1 aliphatic rings. The molecule has 6 aromatic heterocycles. The van der Waals surface area contributed by atoms with E-state index in [4.69, 9.17) is 0 Å². The monoisotopic (exact) mass is 519 g/mol. The smallest absolute Gasteiger partial charge is 0.227 e. The standard InChI is InChI=1S/C29H25N7OS/c37-29(17-4-2-1-3-5-17)33-20-10-19(13-30-14-20)24-11-22-26(15-32-24)35-36-28(22)25-12-21-23(34-25)6-8-31-27(21)18-7-9-38-16-18/h6-17,34H,1-5H2,(H,33,37)(H,35,36). The van der Waals surface area contributed by atoms with Crippen LogP contribution >= 0.6 is 11.3 Å². The van der Waals surface area contributed by atoms with Crippen molar-refractivity contribution in [2.75, 3.05) is 5.32 Å². The van der Waals surface area contributed by atoms with Gasteiger partial charge in [0.2, 0.25) is 5.91 Å². The van der Waals surface area contributed by atoms with E-state index < -0.39 is 0 Å². The second-order valence-electron chi connectivity index (χ2n) is 9.79. The maximum atomic E-state index is 12.8. The summed E-state index contributed by atoms with van der Waals surface area (Å²) in [6, 6.07) is 10.1. The first kappa shape index (κ1) is 22.8. The molecule has 0 atom stereocenters. The van der Waals surface area contributed by atoms with Crippen molar-refractivity contribution in [1.82, 2.24) is 30.1 Å². The second-order valence-corrected chi connectivity index (χ2v) is 10.6. The Morgan fingerprint density at radius 3 is 2.68 bits per heavy atom. The summed E-state index contributed by atoms with van der Waals surface area (Å²) in [5.41, 5.74) is 7.90. The summed E-state index contributed by atoms with van der Waals surface area (Å²) < 4.78 is 0. The van der Waals surface area contributed by atoms with Crippen molar-refractivity contribution < 1.29 is 4.79 Å². The first-order chi connectivity index (χ1) is 18.7. The lowest BCUT2D eigenvalue weighted by Gasteiger charge is -2.20. The molecule has 1 saturated carbocycles. The average Bonchev–Trinajstić information content (AvgIpc) is 3.73. The van der Waals surface area contributed by atoms with E-state index >= 15 is 0 Å². The maximum Gasteiger partial charge on any atom is 0.227 e. The largest absolute Gasteiger partial charge is 0.353 e. The van der Waals surface area contributed by atoms with Crippen LogP contribution in [0, 0.1) is 5.92 Å². The topological polar surface area (TPSA) is 112 Å². The third-order valence-corrected chi connectivity index (χ3v) is 8.01. The van der Waals surface area contributed by atoms with E-state index in [0.717, 1.165) is 81.4 Å². The molecule has 1 fully saturated rings. The molecule has 0 saturated heterocycles. The molecule has 38 heavy (non-hydrogen) atoms. The summed E-state index contributed by atoms with van der Waals surface area (Å²) in [4.78, 5) is 29.9. The number of rotatable bonds is 5. The van der Waals surface area contributed by atoms with E-state index in [1.54, 1.807) is 29.9 Å². The van der Waals surface area contributed by atoms with Crippen LogP contribution in [0.1, 0.15) is 32.1 Å². The normalized spacial score (nSPS) is 14.3. The van der Waals surface area contributed by atoms with Crippen LogP contribution in [0.25, 0.3) is 55.7 Å². The third kappa shape index (κ3) is 4.14. The van der Waals surface area contributed by atoms with Crippen molar-refractivity contribution >= 4 is 44.7 Å². The Hall–Kier alpha value is -4.37. The van der Waals surface area contributed by atoms with Crippen molar-refractivity contribution in [2.45, 2.75) is 32.1 Å². The minimum Gasteiger partial charge on any atom is -0.353 e. The van der Waals surface area contributed by atoms with Gasteiger partial charge in [-0.1, -0.05) is 19.3 Å². The zero-order valence-corrected chi connectivity index (χ0v) is 21.4. The SMILES string of the molecule is O=C(Nc1cncc(-c2cc3c(-c4cc5c(-c6ccsc6)nccc5[nH]4)n[nH]c3cn2)c1)C1CCCCC1. The lowest BCUT2D eigenvalue weighted by molar-refractivity contribution is -0.120. The van der Waals surface area contributed by atoms with Crippen molar-refractivity contribution in [3.63, 3.8) is 0 Å². The summed E-state index contributed by atoms with van der Waals surface area (Å²) >= 11 is 1.66. The first-order valence-electron chi connectivity index (χ1n) is 12.8. The number of anilines is 1. The van der Waals surface area contributed by atoms with Crippen LogP contribution in [0.2, 0.25) is 0 Å². The predicted molar refractivity (Wildman–Crippen MR) is 151 cm³/mol. The Morgan fingerprint density at radius 2 is 1.82 bits per heavy atom. The number of aromatic nitrogens is 6. The number of amides is 1. The number of nitrogens with one attached hydrogen (secondary N) is 3. The summed E-state index contributed by atoms with van der Waals surface area (Å²) in [5, 5.41) is 16.9. The second kappa shape index (κ2) is 9.50. The van der Waals surface area contributed by atoms with Crippen LogP contribution in [0.15, 0.2) is 65.9 Å². The number of hydrogen-bond acceptors (Lipinski definition) is 6. The Morgan fingerprint density at radius 1 is 0.921 bits per heavy atom. The van der Waals surface area contributed by atoms with Gasteiger partial charge in [-0.05, 0) is 48.6 Å². The van der Waals surface area contributed by atoms with Crippen LogP contribution in [0.3, 0.4) is 0 Å². The Bertz CT molecular complexity index is 1760. The summed E-state index contributed by atoms with van der Waals surface area (Å²) in [5.74, 6) is 0.168. The summed E-state index contributed by atoms with van der Waals surface area (Å²) in [6.45, 7) is 0. The van der Waals surface area contributed by atoms with E-state index in [2.05, 4.69) is 58.3 Å². The van der Waals surface area contributed by atoms with Crippen LogP contribution in [0.4, 0.5) is 5.69 Å². The third-order valence-electron chi connectivity index (χ3n) is 7.32. The van der Waals surface area contributed by atoms with Gasteiger partial charge in [0, 0.05) is 51.1 Å².